The molecular formula is C10H8BrFN2OS. The van der Waals surface area contributed by atoms with Gasteiger partial charge in [0.1, 0.15) is 11.5 Å². The standard InChI is InChI=1S/C10H8BrFN2OS/c1-16-10-6(11)2-5(3-7(10)12)8-4-9(13)15-14-8/h2-4H,13H2,1H3. The van der Waals surface area contributed by atoms with Gasteiger partial charge < -0.3 is 10.3 Å². The zero-order chi connectivity index (χ0) is 11.7. The van der Waals surface area contributed by atoms with Gasteiger partial charge in [-0.2, -0.15) is 0 Å². The molecule has 1 aromatic carbocycles. The Labute approximate surface area is 104 Å². The Bertz CT molecular complexity index is 506. The number of halogens is 2. The molecule has 0 aliphatic carbocycles. The van der Waals surface area contributed by atoms with Gasteiger partial charge in [0.15, 0.2) is 0 Å². The van der Waals surface area contributed by atoms with Crippen molar-refractivity contribution < 1.29 is 8.91 Å². The molecule has 84 valence electrons. The molecule has 16 heavy (non-hydrogen) atoms. The van der Waals surface area contributed by atoms with Crippen molar-refractivity contribution in [1.82, 2.24) is 5.16 Å². The molecule has 0 saturated carbocycles. The van der Waals surface area contributed by atoms with Gasteiger partial charge in [-0.05, 0) is 34.3 Å². The highest BCUT2D eigenvalue weighted by molar-refractivity contribution is 9.10. The molecule has 1 heterocycles. The first-order chi connectivity index (χ1) is 7.61. The van der Waals surface area contributed by atoms with E-state index in [9.17, 15) is 4.39 Å². The number of anilines is 1. The van der Waals surface area contributed by atoms with E-state index in [-0.39, 0.29) is 11.7 Å². The van der Waals surface area contributed by atoms with Crippen molar-refractivity contribution in [2.75, 3.05) is 12.0 Å². The van der Waals surface area contributed by atoms with E-state index >= 15 is 0 Å². The van der Waals surface area contributed by atoms with Gasteiger partial charge >= 0.3 is 0 Å². The van der Waals surface area contributed by atoms with Crippen molar-refractivity contribution in [1.29, 1.82) is 0 Å². The molecule has 0 amide bonds. The average Bonchev–Trinajstić information content (AvgIpc) is 2.64. The first kappa shape index (κ1) is 11.5. The summed E-state index contributed by atoms with van der Waals surface area (Å²) in [6, 6.07) is 4.75. The van der Waals surface area contributed by atoms with Crippen molar-refractivity contribution in [3.05, 3.63) is 28.5 Å². The van der Waals surface area contributed by atoms with Gasteiger partial charge in [-0.1, -0.05) is 5.16 Å². The topological polar surface area (TPSA) is 52.0 Å². The number of nitrogens with two attached hydrogens (primary N) is 1. The van der Waals surface area contributed by atoms with E-state index in [1.165, 1.54) is 17.8 Å². The normalized spacial score (nSPS) is 10.7. The molecule has 2 aromatic rings. The molecule has 0 fully saturated rings. The number of thioether (sulfide) groups is 1. The van der Waals surface area contributed by atoms with Gasteiger partial charge in [0.05, 0.1) is 4.90 Å². The van der Waals surface area contributed by atoms with Gasteiger partial charge in [0.25, 0.3) is 0 Å². The second-order valence-corrected chi connectivity index (χ2v) is 4.76. The summed E-state index contributed by atoms with van der Waals surface area (Å²) in [5, 5.41) is 3.73. The molecule has 6 heteroatoms. The fourth-order valence-electron chi connectivity index (χ4n) is 1.33. The second-order valence-electron chi connectivity index (χ2n) is 3.09. The van der Waals surface area contributed by atoms with Crippen LogP contribution in [0.2, 0.25) is 0 Å². The molecule has 0 spiro atoms. The Balaban J connectivity index is 2.52. The van der Waals surface area contributed by atoms with Crippen LogP contribution >= 0.6 is 27.7 Å². The smallest absolute Gasteiger partial charge is 0.222 e. The van der Waals surface area contributed by atoms with Crippen LogP contribution in [0.1, 0.15) is 0 Å². The van der Waals surface area contributed by atoms with Crippen LogP contribution in [0.25, 0.3) is 11.3 Å². The Morgan fingerprint density at radius 2 is 2.19 bits per heavy atom. The van der Waals surface area contributed by atoms with Crippen LogP contribution in [0.4, 0.5) is 10.3 Å². The minimum absolute atomic E-state index is 0.209. The highest BCUT2D eigenvalue weighted by atomic mass is 79.9. The van der Waals surface area contributed by atoms with E-state index in [0.29, 0.717) is 20.6 Å². The lowest BCUT2D eigenvalue weighted by atomic mass is 10.1. The van der Waals surface area contributed by atoms with Gasteiger partial charge in [0.2, 0.25) is 5.88 Å². The highest BCUT2D eigenvalue weighted by Crippen LogP contribution is 2.33. The maximum atomic E-state index is 13.7. The van der Waals surface area contributed by atoms with E-state index in [1.807, 2.05) is 6.26 Å². The van der Waals surface area contributed by atoms with E-state index in [1.54, 1.807) is 12.1 Å². The lowest BCUT2D eigenvalue weighted by Crippen LogP contribution is -1.86. The summed E-state index contributed by atoms with van der Waals surface area (Å²) in [7, 11) is 0. The van der Waals surface area contributed by atoms with Gasteiger partial charge in [-0.15, -0.1) is 11.8 Å². The van der Waals surface area contributed by atoms with E-state index in [4.69, 9.17) is 10.3 Å². The van der Waals surface area contributed by atoms with Crippen LogP contribution in [0.15, 0.2) is 32.1 Å². The third kappa shape index (κ3) is 2.08. The van der Waals surface area contributed by atoms with Crippen molar-refractivity contribution in [2.45, 2.75) is 4.90 Å². The fraction of sp³-hybridized carbons (Fsp3) is 0.100. The Hall–Kier alpha value is -1.01. The van der Waals surface area contributed by atoms with Crippen molar-refractivity contribution in [3.63, 3.8) is 0 Å². The van der Waals surface area contributed by atoms with Crippen LogP contribution in [-0.2, 0) is 0 Å². The summed E-state index contributed by atoms with van der Waals surface area (Å²) >= 11 is 4.65. The SMILES string of the molecule is CSc1c(F)cc(-c2cc(N)on2)cc1Br. The molecule has 3 nitrogen and oxygen atoms in total. The average molecular weight is 303 g/mol. The molecule has 0 aliphatic rings. The second kappa shape index (κ2) is 4.47. The van der Waals surface area contributed by atoms with Crippen molar-refractivity contribution in [2.24, 2.45) is 0 Å². The molecule has 0 saturated heterocycles. The number of benzene rings is 1. The number of rotatable bonds is 2. The van der Waals surface area contributed by atoms with Crippen molar-refractivity contribution >= 4 is 33.6 Å². The summed E-state index contributed by atoms with van der Waals surface area (Å²) in [6.07, 6.45) is 1.82. The molecule has 0 atom stereocenters. The molecule has 0 unspecified atom stereocenters. The molecule has 0 bridgehead atoms. The van der Waals surface area contributed by atoms with E-state index < -0.39 is 0 Å². The Kier molecular flexibility index (Phi) is 3.20. The minimum atomic E-state index is -0.293. The number of nitrogens with zero attached hydrogens (tertiary/aromatic N) is 1. The van der Waals surface area contributed by atoms with Crippen LogP contribution in [0.5, 0.6) is 0 Å². The monoisotopic (exact) mass is 302 g/mol. The Morgan fingerprint density at radius 1 is 1.44 bits per heavy atom. The minimum Gasteiger partial charge on any atom is -0.368 e. The van der Waals surface area contributed by atoms with Crippen LogP contribution in [0.3, 0.4) is 0 Å². The third-order valence-corrected chi connectivity index (χ3v) is 3.74. The third-order valence-electron chi connectivity index (χ3n) is 2.03. The summed E-state index contributed by atoms with van der Waals surface area (Å²) < 4.78 is 19.1. The predicted molar refractivity (Wildman–Crippen MR) is 65.8 cm³/mol. The first-order valence-electron chi connectivity index (χ1n) is 4.37. The summed E-state index contributed by atoms with van der Waals surface area (Å²) in [5.41, 5.74) is 6.56. The van der Waals surface area contributed by atoms with Gasteiger partial charge in [-0.3, -0.25) is 0 Å². The largest absolute Gasteiger partial charge is 0.368 e. The number of aromatic nitrogens is 1. The summed E-state index contributed by atoms with van der Waals surface area (Å²) in [4.78, 5) is 0.570. The highest BCUT2D eigenvalue weighted by Gasteiger charge is 2.11. The van der Waals surface area contributed by atoms with Crippen LogP contribution in [-0.4, -0.2) is 11.4 Å². The number of nitrogen functional groups attached to an aromatic ring is 1. The fourth-order valence-corrected chi connectivity index (χ4v) is 2.76. The first-order valence-corrected chi connectivity index (χ1v) is 6.39. The van der Waals surface area contributed by atoms with Crippen LogP contribution < -0.4 is 5.73 Å². The maximum Gasteiger partial charge on any atom is 0.222 e. The maximum absolute atomic E-state index is 13.7. The number of hydrogen-bond acceptors (Lipinski definition) is 4. The van der Waals surface area contributed by atoms with Crippen molar-refractivity contribution in [3.8, 4) is 11.3 Å². The Morgan fingerprint density at radius 3 is 2.69 bits per heavy atom. The number of hydrogen-bond donors (Lipinski definition) is 1. The lowest BCUT2D eigenvalue weighted by molar-refractivity contribution is 0.439. The van der Waals surface area contributed by atoms with Gasteiger partial charge in [-0.25, -0.2) is 4.39 Å². The van der Waals surface area contributed by atoms with Crippen LogP contribution in [0, 0.1) is 5.82 Å². The zero-order valence-electron chi connectivity index (χ0n) is 8.33. The molecule has 0 aliphatic heterocycles. The molecule has 2 rings (SSSR count). The molecule has 1 aromatic heterocycles. The quantitative estimate of drug-likeness (QED) is 0.862. The van der Waals surface area contributed by atoms with E-state index in [0.717, 1.165) is 0 Å². The van der Waals surface area contributed by atoms with E-state index in [2.05, 4.69) is 21.1 Å². The summed E-state index contributed by atoms with van der Waals surface area (Å²) in [6.45, 7) is 0. The summed E-state index contributed by atoms with van der Waals surface area (Å²) in [5.74, 6) is -0.0843. The molecule has 0 radical (unpaired) electrons. The lowest BCUT2D eigenvalue weighted by Gasteiger charge is -2.04. The predicted octanol–water partition coefficient (Wildman–Crippen LogP) is 3.55. The van der Waals surface area contributed by atoms with Gasteiger partial charge in [0, 0.05) is 16.1 Å². The molecule has 2 N–H and O–H groups in total. The molecular weight excluding hydrogens is 295 g/mol. The zero-order valence-corrected chi connectivity index (χ0v) is 10.7.